The minimum atomic E-state index is -0.863. The Kier molecular flexibility index (Phi) is 3.69. The number of thioether (sulfide) groups is 1. The smallest absolute Gasteiger partial charge is 0.407 e. The van der Waals surface area contributed by atoms with Gasteiger partial charge >= 0.3 is 6.09 Å². The van der Waals surface area contributed by atoms with Gasteiger partial charge in [-0.2, -0.15) is 0 Å². The summed E-state index contributed by atoms with van der Waals surface area (Å²) in [7, 11) is 0. The van der Waals surface area contributed by atoms with Gasteiger partial charge in [0.1, 0.15) is 11.9 Å². The van der Waals surface area contributed by atoms with Gasteiger partial charge in [-0.3, -0.25) is 4.99 Å². The molecule has 0 radical (unpaired) electrons. The third kappa shape index (κ3) is 2.20. The molecule has 0 aromatic rings. The fourth-order valence-corrected chi connectivity index (χ4v) is 5.06. The second-order valence-corrected chi connectivity index (χ2v) is 7.60. The summed E-state index contributed by atoms with van der Waals surface area (Å²) in [5.41, 5.74) is 0.920. The van der Waals surface area contributed by atoms with E-state index >= 15 is 0 Å². The first-order valence-corrected chi connectivity index (χ1v) is 9.04. The second-order valence-electron chi connectivity index (χ2n) is 6.47. The fourth-order valence-electron chi connectivity index (χ4n) is 3.93. The number of nitrogens with zero attached hydrogens (tertiary/aromatic N) is 4. The summed E-state index contributed by atoms with van der Waals surface area (Å²) >= 11 is 1.63. The summed E-state index contributed by atoms with van der Waals surface area (Å²) in [6, 6.07) is 0.180. The lowest BCUT2D eigenvalue weighted by Gasteiger charge is -2.42. The van der Waals surface area contributed by atoms with E-state index in [1.54, 1.807) is 18.7 Å². The maximum absolute atomic E-state index is 11.1. The van der Waals surface area contributed by atoms with E-state index in [1.165, 1.54) is 4.90 Å². The van der Waals surface area contributed by atoms with Gasteiger partial charge in [-0.15, -0.1) is 0 Å². The van der Waals surface area contributed by atoms with E-state index in [9.17, 15) is 9.90 Å². The van der Waals surface area contributed by atoms with Gasteiger partial charge in [0.25, 0.3) is 0 Å². The minimum Gasteiger partial charge on any atom is -0.465 e. The van der Waals surface area contributed by atoms with Crippen LogP contribution >= 0.6 is 11.8 Å². The Balaban J connectivity index is 1.64. The minimum absolute atomic E-state index is 0.0102. The van der Waals surface area contributed by atoms with E-state index in [0.29, 0.717) is 18.9 Å². The molecule has 4 rings (SSSR count). The lowest BCUT2D eigenvalue weighted by Crippen LogP contribution is -2.56. The molecule has 8 heteroatoms. The van der Waals surface area contributed by atoms with E-state index < -0.39 is 17.1 Å². The number of aliphatic hydroxyl groups is 1. The van der Waals surface area contributed by atoms with Crippen molar-refractivity contribution in [3.05, 3.63) is 23.8 Å². The maximum Gasteiger partial charge on any atom is 0.407 e. The van der Waals surface area contributed by atoms with Gasteiger partial charge in [-0.05, 0) is 37.3 Å². The predicted molar refractivity (Wildman–Crippen MR) is 93.4 cm³/mol. The lowest BCUT2D eigenvalue weighted by molar-refractivity contribution is 0.109. The molecule has 0 saturated carbocycles. The van der Waals surface area contributed by atoms with Crippen LogP contribution in [0.5, 0.6) is 0 Å². The molecule has 0 aromatic heterocycles. The molecule has 128 valence electrons. The third-order valence-electron chi connectivity index (χ3n) is 5.07. The Morgan fingerprint density at radius 3 is 2.88 bits per heavy atom. The van der Waals surface area contributed by atoms with Crippen LogP contribution in [0.2, 0.25) is 0 Å². The van der Waals surface area contributed by atoms with Gasteiger partial charge in [0.05, 0.1) is 11.8 Å². The molecular formula is C16H20N4O3S. The highest BCUT2D eigenvalue weighted by Crippen LogP contribution is 2.48. The molecule has 3 atom stereocenters. The second kappa shape index (κ2) is 5.63. The average Bonchev–Trinajstić information content (AvgIpc) is 3.13. The number of aliphatic imine (C=N–C) groups is 2. The largest absolute Gasteiger partial charge is 0.465 e. The lowest BCUT2D eigenvalue weighted by atomic mass is 9.95. The van der Waals surface area contributed by atoms with Crippen molar-refractivity contribution in [1.82, 2.24) is 9.80 Å². The molecule has 2 N–H and O–H groups in total. The topological polar surface area (TPSA) is 88.7 Å². The van der Waals surface area contributed by atoms with Crippen LogP contribution in [0, 0.1) is 0 Å². The van der Waals surface area contributed by atoms with Crippen LogP contribution in [0.1, 0.15) is 19.8 Å². The molecule has 7 nitrogen and oxygen atoms in total. The zero-order valence-electron chi connectivity index (χ0n) is 13.4. The number of likely N-dealkylation sites (tertiary alicyclic amines) is 1. The van der Waals surface area contributed by atoms with Crippen molar-refractivity contribution in [2.45, 2.75) is 42.8 Å². The zero-order chi connectivity index (χ0) is 16.9. The summed E-state index contributed by atoms with van der Waals surface area (Å²) in [4.78, 5) is 23.7. The van der Waals surface area contributed by atoms with Crippen molar-refractivity contribution in [1.29, 1.82) is 0 Å². The molecule has 0 aliphatic carbocycles. The maximum atomic E-state index is 11.1. The number of hydrogen-bond donors (Lipinski definition) is 2. The molecular weight excluding hydrogens is 328 g/mol. The summed E-state index contributed by atoms with van der Waals surface area (Å²) in [6.07, 6.45) is 5.80. The Morgan fingerprint density at radius 2 is 2.21 bits per heavy atom. The van der Waals surface area contributed by atoms with E-state index in [0.717, 1.165) is 18.6 Å². The van der Waals surface area contributed by atoms with Gasteiger partial charge in [-0.25, -0.2) is 9.79 Å². The normalized spacial score (nSPS) is 33.2. The number of piperidine rings is 1. The molecule has 1 spiro atoms. The molecule has 24 heavy (non-hydrogen) atoms. The average molecular weight is 348 g/mol. The Hall–Kier alpha value is -1.80. The predicted octanol–water partition coefficient (Wildman–Crippen LogP) is 1.52. The highest BCUT2D eigenvalue weighted by Gasteiger charge is 2.55. The van der Waals surface area contributed by atoms with E-state index in [2.05, 4.69) is 9.89 Å². The first kappa shape index (κ1) is 15.7. The van der Waals surface area contributed by atoms with Crippen molar-refractivity contribution in [3.8, 4) is 0 Å². The first-order chi connectivity index (χ1) is 11.5. The molecule has 0 bridgehead atoms. The molecule has 4 aliphatic heterocycles. The number of rotatable bonds is 2. The van der Waals surface area contributed by atoms with Crippen LogP contribution < -0.4 is 0 Å². The Morgan fingerprint density at radius 1 is 1.46 bits per heavy atom. The number of carboxylic acid groups (broad SMARTS) is 1. The number of amidine groups is 1. The number of aliphatic hydroxyl groups excluding tert-OH is 1. The Labute approximate surface area is 144 Å². The molecule has 4 heterocycles. The molecule has 4 aliphatic rings. The Bertz CT molecular complexity index is 679. The van der Waals surface area contributed by atoms with Crippen LogP contribution in [0.15, 0.2) is 33.7 Å². The van der Waals surface area contributed by atoms with E-state index in [-0.39, 0.29) is 12.1 Å². The van der Waals surface area contributed by atoms with Gasteiger partial charge in [0.15, 0.2) is 4.87 Å². The van der Waals surface area contributed by atoms with E-state index in [4.69, 9.17) is 10.1 Å². The van der Waals surface area contributed by atoms with Crippen LogP contribution in [0.4, 0.5) is 4.79 Å². The molecule has 1 saturated heterocycles. The van der Waals surface area contributed by atoms with Crippen LogP contribution in [-0.4, -0.2) is 73.8 Å². The monoisotopic (exact) mass is 348 g/mol. The highest BCUT2D eigenvalue weighted by molar-refractivity contribution is 8.04. The molecule has 1 fully saturated rings. The SMILES string of the molecule is C[C@@H](O)C1=NC23SC=CC2=NC=CC3N1C1CCN(C(=O)O)CC1. The standard InChI is InChI=1S/C16H20N4O3S/c1-10(21)14-18-16-12(5-9-24-16)17-6-2-13(16)20(14)11-3-7-19(8-4-11)15(22)23/h2,5-6,9-11,13,21H,3-4,7-8H2,1H3,(H,22,23)/t10-,13?,16?/m1/s1. The van der Waals surface area contributed by atoms with Gasteiger partial charge in [0.2, 0.25) is 0 Å². The highest BCUT2D eigenvalue weighted by atomic mass is 32.2. The van der Waals surface area contributed by atoms with Crippen LogP contribution in [0.25, 0.3) is 0 Å². The van der Waals surface area contributed by atoms with Crippen molar-refractivity contribution in [2.75, 3.05) is 13.1 Å². The van der Waals surface area contributed by atoms with Crippen molar-refractivity contribution in [3.63, 3.8) is 0 Å². The van der Waals surface area contributed by atoms with Gasteiger partial charge in [0, 0.05) is 25.3 Å². The van der Waals surface area contributed by atoms with Crippen molar-refractivity contribution >= 4 is 29.4 Å². The van der Waals surface area contributed by atoms with E-state index in [1.807, 2.05) is 23.8 Å². The molecule has 1 amide bonds. The summed E-state index contributed by atoms with van der Waals surface area (Å²) < 4.78 is 0. The summed E-state index contributed by atoms with van der Waals surface area (Å²) in [5.74, 6) is 0.684. The fraction of sp³-hybridized carbons (Fsp3) is 0.562. The van der Waals surface area contributed by atoms with Crippen LogP contribution in [-0.2, 0) is 0 Å². The third-order valence-corrected chi connectivity index (χ3v) is 6.24. The van der Waals surface area contributed by atoms with Crippen molar-refractivity contribution < 1.29 is 15.0 Å². The zero-order valence-corrected chi connectivity index (χ0v) is 14.2. The summed E-state index contributed by atoms with van der Waals surface area (Å²) in [6.45, 7) is 2.76. The van der Waals surface area contributed by atoms with Crippen LogP contribution in [0.3, 0.4) is 0 Å². The first-order valence-electron chi connectivity index (χ1n) is 8.16. The molecule has 2 unspecified atom stereocenters. The van der Waals surface area contributed by atoms with Gasteiger partial charge in [-0.1, -0.05) is 11.8 Å². The number of hydrogen-bond acceptors (Lipinski definition) is 6. The summed E-state index contributed by atoms with van der Waals surface area (Å²) in [5, 5.41) is 21.4. The number of carbonyl (C=O) groups is 1. The van der Waals surface area contributed by atoms with Crippen molar-refractivity contribution in [2.24, 2.45) is 9.98 Å². The quantitative estimate of drug-likeness (QED) is 0.790. The molecule has 0 aromatic carbocycles. The van der Waals surface area contributed by atoms with Gasteiger partial charge < -0.3 is 20.0 Å². The number of amides is 1.